The van der Waals surface area contributed by atoms with Crippen molar-refractivity contribution in [2.75, 3.05) is 13.2 Å². The molecule has 0 unspecified atom stereocenters. The lowest BCUT2D eigenvalue weighted by Gasteiger charge is -2.13. The van der Waals surface area contributed by atoms with E-state index in [-0.39, 0.29) is 12.3 Å². The van der Waals surface area contributed by atoms with Gasteiger partial charge < -0.3 is 9.84 Å². The van der Waals surface area contributed by atoms with Crippen LogP contribution in [0, 0.1) is 0 Å². The van der Waals surface area contributed by atoms with E-state index in [1.165, 1.54) is 16.7 Å². The van der Waals surface area contributed by atoms with Gasteiger partial charge in [0.05, 0.1) is 18.1 Å². The standard InChI is InChI=1S/C23H23NO4S2/c25-21(26)10-5-12-24-22(27)20(30-23(24)29)15-19-9-4-8-17(14-19)11-13-28-16-18-6-2-1-3-7-18/h1-4,6-7,9,11,14-15H,5,8,10,12-13,16H2,(H,25,26). The minimum absolute atomic E-state index is 0.0183. The van der Waals surface area contributed by atoms with Gasteiger partial charge in [-0.2, -0.15) is 0 Å². The number of carboxylic acid groups (broad SMARTS) is 1. The fourth-order valence-electron chi connectivity index (χ4n) is 3.03. The number of nitrogens with zero attached hydrogens (tertiary/aromatic N) is 1. The number of carboxylic acids is 1. The first-order valence-corrected chi connectivity index (χ1v) is 10.9. The molecule has 1 amide bonds. The molecule has 7 heteroatoms. The molecule has 1 N–H and O–H groups in total. The first-order valence-electron chi connectivity index (χ1n) is 9.69. The average Bonchev–Trinajstić information content (AvgIpc) is 2.99. The lowest BCUT2D eigenvalue weighted by atomic mass is 10.0. The Hall–Kier alpha value is -2.48. The number of carbonyl (C=O) groups is 2. The molecule has 0 bridgehead atoms. The van der Waals surface area contributed by atoms with Crippen LogP contribution in [0.5, 0.6) is 0 Å². The van der Waals surface area contributed by atoms with Gasteiger partial charge in [0.15, 0.2) is 0 Å². The smallest absolute Gasteiger partial charge is 0.303 e. The normalized spacial score (nSPS) is 19.1. The quantitative estimate of drug-likeness (QED) is 0.343. The molecule has 0 spiro atoms. The summed E-state index contributed by atoms with van der Waals surface area (Å²) in [5.41, 5.74) is 3.20. The van der Waals surface area contributed by atoms with Gasteiger partial charge in [-0.1, -0.05) is 78.6 Å². The van der Waals surface area contributed by atoms with Gasteiger partial charge in [-0.3, -0.25) is 14.5 Å². The van der Waals surface area contributed by atoms with Crippen molar-refractivity contribution >= 4 is 40.2 Å². The van der Waals surface area contributed by atoms with Crippen molar-refractivity contribution in [2.24, 2.45) is 0 Å². The van der Waals surface area contributed by atoms with Crippen LogP contribution < -0.4 is 0 Å². The molecular weight excluding hydrogens is 418 g/mol. The summed E-state index contributed by atoms with van der Waals surface area (Å²) in [5.74, 6) is -1.03. The Morgan fingerprint density at radius 2 is 2.10 bits per heavy atom. The number of amides is 1. The summed E-state index contributed by atoms with van der Waals surface area (Å²) in [4.78, 5) is 25.3. The average molecular weight is 442 g/mol. The van der Waals surface area contributed by atoms with E-state index in [0.717, 1.165) is 23.1 Å². The van der Waals surface area contributed by atoms with Crippen molar-refractivity contribution in [3.63, 3.8) is 0 Å². The number of hydrogen-bond donors (Lipinski definition) is 1. The molecule has 1 aliphatic heterocycles. The van der Waals surface area contributed by atoms with Crippen molar-refractivity contribution in [2.45, 2.75) is 25.9 Å². The Balaban J connectivity index is 1.57. The number of ether oxygens (including phenoxy) is 1. The van der Waals surface area contributed by atoms with Crippen LogP contribution >= 0.6 is 24.0 Å². The Bertz CT molecular complexity index is 932. The number of thiocarbonyl (C=S) groups is 1. The van der Waals surface area contributed by atoms with Crippen molar-refractivity contribution in [1.29, 1.82) is 0 Å². The maximum Gasteiger partial charge on any atom is 0.303 e. The van der Waals surface area contributed by atoms with Gasteiger partial charge in [0.1, 0.15) is 4.32 Å². The predicted octanol–water partition coefficient (Wildman–Crippen LogP) is 4.62. The molecule has 30 heavy (non-hydrogen) atoms. The molecule has 0 aromatic heterocycles. The molecule has 5 nitrogen and oxygen atoms in total. The van der Waals surface area contributed by atoms with E-state index in [0.29, 0.717) is 35.4 Å². The maximum absolute atomic E-state index is 12.6. The molecule has 1 saturated heterocycles. The Labute approximate surface area is 185 Å². The van der Waals surface area contributed by atoms with Crippen LogP contribution in [0.4, 0.5) is 0 Å². The first kappa shape index (κ1) is 22.2. The molecule has 156 valence electrons. The molecule has 0 radical (unpaired) electrons. The summed E-state index contributed by atoms with van der Waals surface area (Å²) in [6.45, 7) is 1.42. The number of thioether (sulfide) groups is 1. The monoisotopic (exact) mass is 441 g/mol. The number of aliphatic carboxylic acids is 1. The minimum Gasteiger partial charge on any atom is -0.481 e. The number of benzene rings is 1. The molecule has 0 saturated carbocycles. The third kappa shape index (κ3) is 6.52. The molecule has 1 aromatic rings. The van der Waals surface area contributed by atoms with E-state index >= 15 is 0 Å². The lowest BCUT2D eigenvalue weighted by Crippen LogP contribution is -2.29. The number of hydrogen-bond acceptors (Lipinski definition) is 5. The van der Waals surface area contributed by atoms with Crippen LogP contribution in [0.15, 0.2) is 76.8 Å². The summed E-state index contributed by atoms with van der Waals surface area (Å²) in [5, 5.41) is 8.77. The zero-order valence-corrected chi connectivity index (χ0v) is 18.1. The fraction of sp³-hybridized carbons (Fsp3) is 0.261. The zero-order chi connectivity index (χ0) is 21.3. The van der Waals surface area contributed by atoms with E-state index < -0.39 is 5.97 Å². The van der Waals surface area contributed by atoms with Crippen LogP contribution in [0.2, 0.25) is 0 Å². The highest BCUT2D eigenvalue weighted by Gasteiger charge is 2.31. The van der Waals surface area contributed by atoms with Gasteiger partial charge in [0.25, 0.3) is 5.91 Å². The third-order valence-corrected chi connectivity index (χ3v) is 5.91. The van der Waals surface area contributed by atoms with Crippen LogP contribution in [-0.4, -0.2) is 39.4 Å². The minimum atomic E-state index is -0.874. The van der Waals surface area contributed by atoms with Crippen LogP contribution in [-0.2, 0) is 20.9 Å². The fourth-order valence-corrected chi connectivity index (χ4v) is 4.34. The third-order valence-electron chi connectivity index (χ3n) is 4.53. The molecule has 1 heterocycles. The van der Waals surface area contributed by atoms with Gasteiger partial charge in [0.2, 0.25) is 0 Å². The molecule has 1 fully saturated rings. The second-order valence-corrected chi connectivity index (χ2v) is 8.54. The SMILES string of the molecule is O=C(O)CCCN1C(=O)C(=CC2=CC(=CCOCc3ccccc3)CC=C2)SC1=S. The van der Waals surface area contributed by atoms with E-state index in [1.54, 1.807) is 0 Å². The Morgan fingerprint density at radius 3 is 2.87 bits per heavy atom. The number of rotatable bonds is 9. The molecule has 1 aromatic carbocycles. The van der Waals surface area contributed by atoms with E-state index in [9.17, 15) is 9.59 Å². The molecule has 1 aliphatic carbocycles. The van der Waals surface area contributed by atoms with Gasteiger partial charge in [0, 0.05) is 13.0 Å². The highest BCUT2D eigenvalue weighted by atomic mass is 32.2. The van der Waals surface area contributed by atoms with Crippen LogP contribution in [0.3, 0.4) is 0 Å². The predicted molar refractivity (Wildman–Crippen MR) is 123 cm³/mol. The topological polar surface area (TPSA) is 66.8 Å². The van der Waals surface area contributed by atoms with Crippen molar-refractivity contribution in [1.82, 2.24) is 4.90 Å². The molecular formula is C23H23NO4S2. The summed E-state index contributed by atoms with van der Waals surface area (Å²) < 4.78 is 6.20. The van der Waals surface area contributed by atoms with E-state index in [2.05, 4.69) is 12.2 Å². The maximum atomic E-state index is 12.6. The first-order chi connectivity index (χ1) is 14.5. The second kappa shape index (κ2) is 11.1. The van der Waals surface area contributed by atoms with Gasteiger partial charge >= 0.3 is 5.97 Å². The molecule has 0 atom stereocenters. The van der Waals surface area contributed by atoms with Crippen molar-refractivity contribution in [3.8, 4) is 0 Å². The summed E-state index contributed by atoms with van der Waals surface area (Å²) in [7, 11) is 0. The molecule has 2 aliphatic rings. The summed E-state index contributed by atoms with van der Waals surface area (Å²) in [6, 6.07) is 10.0. The molecule has 3 rings (SSSR count). The van der Waals surface area contributed by atoms with Crippen molar-refractivity contribution < 1.29 is 19.4 Å². The van der Waals surface area contributed by atoms with E-state index in [1.807, 2.05) is 48.6 Å². The van der Waals surface area contributed by atoms with Gasteiger partial charge in [-0.25, -0.2) is 0 Å². The highest BCUT2D eigenvalue weighted by molar-refractivity contribution is 8.26. The highest BCUT2D eigenvalue weighted by Crippen LogP contribution is 2.33. The second-order valence-electron chi connectivity index (χ2n) is 6.86. The number of allylic oxidation sites excluding steroid dienone is 6. The van der Waals surface area contributed by atoms with Crippen LogP contribution in [0.1, 0.15) is 24.8 Å². The lowest BCUT2D eigenvalue weighted by molar-refractivity contribution is -0.137. The summed E-state index contributed by atoms with van der Waals surface area (Å²) >= 11 is 6.55. The Kier molecular flexibility index (Phi) is 8.19. The number of carbonyl (C=O) groups excluding carboxylic acids is 1. The zero-order valence-electron chi connectivity index (χ0n) is 16.5. The van der Waals surface area contributed by atoms with Crippen LogP contribution in [0.25, 0.3) is 0 Å². The summed E-state index contributed by atoms with van der Waals surface area (Å²) in [6.07, 6.45) is 11.2. The van der Waals surface area contributed by atoms with Gasteiger partial charge in [-0.15, -0.1) is 0 Å². The van der Waals surface area contributed by atoms with E-state index in [4.69, 9.17) is 22.1 Å². The Morgan fingerprint density at radius 1 is 1.30 bits per heavy atom. The largest absolute Gasteiger partial charge is 0.481 e. The van der Waals surface area contributed by atoms with Crippen molar-refractivity contribution in [3.05, 3.63) is 82.3 Å². The van der Waals surface area contributed by atoms with Gasteiger partial charge in [-0.05, 0) is 35.6 Å².